The van der Waals surface area contributed by atoms with E-state index in [-0.39, 0.29) is 0 Å². The standard InChI is InChI=1S/C10H7ClN2O/c11-9-4-2-1-3-8(9)5-6-10-12-7-14-13-10/h1-7H/b6-5+. The van der Waals surface area contributed by atoms with Crippen LogP contribution in [-0.4, -0.2) is 10.1 Å². The minimum Gasteiger partial charge on any atom is -0.342 e. The third-order valence-electron chi connectivity index (χ3n) is 1.70. The fourth-order valence-electron chi connectivity index (χ4n) is 1.03. The molecule has 0 saturated heterocycles. The molecule has 0 atom stereocenters. The van der Waals surface area contributed by atoms with Crippen molar-refractivity contribution in [3.63, 3.8) is 0 Å². The maximum absolute atomic E-state index is 5.95. The molecule has 0 amide bonds. The van der Waals surface area contributed by atoms with Gasteiger partial charge in [-0.15, -0.1) is 0 Å². The van der Waals surface area contributed by atoms with E-state index >= 15 is 0 Å². The van der Waals surface area contributed by atoms with Crippen molar-refractivity contribution in [3.8, 4) is 0 Å². The Morgan fingerprint density at radius 2 is 2.07 bits per heavy atom. The number of halogens is 1. The molecule has 14 heavy (non-hydrogen) atoms. The fourth-order valence-corrected chi connectivity index (χ4v) is 1.23. The predicted octanol–water partition coefficient (Wildman–Crippen LogP) is 2.89. The lowest BCUT2D eigenvalue weighted by molar-refractivity contribution is 0.415. The molecule has 2 rings (SSSR count). The summed E-state index contributed by atoms with van der Waals surface area (Å²) in [6.45, 7) is 0. The number of hydrogen-bond acceptors (Lipinski definition) is 3. The van der Waals surface area contributed by atoms with E-state index in [0.717, 1.165) is 5.56 Å². The third-order valence-corrected chi connectivity index (χ3v) is 2.04. The average molecular weight is 207 g/mol. The van der Waals surface area contributed by atoms with Crippen molar-refractivity contribution in [2.75, 3.05) is 0 Å². The second kappa shape index (κ2) is 4.07. The zero-order valence-electron chi connectivity index (χ0n) is 7.22. The van der Waals surface area contributed by atoms with Gasteiger partial charge in [-0.25, -0.2) is 0 Å². The first-order valence-corrected chi connectivity index (χ1v) is 4.43. The normalized spacial score (nSPS) is 10.9. The van der Waals surface area contributed by atoms with E-state index < -0.39 is 0 Å². The first-order chi connectivity index (χ1) is 6.86. The highest BCUT2D eigenvalue weighted by atomic mass is 35.5. The number of benzene rings is 1. The average Bonchev–Trinajstić information content (AvgIpc) is 2.69. The summed E-state index contributed by atoms with van der Waals surface area (Å²) < 4.78 is 4.59. The van der Waals surface area contributed by atoms with Crippen LogP contribution in [0.3, 0.4) is 0 Å². The highest BCUT2D eigenvalue weighted by Crippen LogP contribution is 2.16. The van der Waals surface area contributed by atoms with Crippen molar-refractivity contribution in [2.45, 2.75) is 0 Å². The van der Waals surface area contributed by atoms with E-state index in [4.69, 9.17) is 11.6 Å². The summed E-state index contributed by atoms with van der Waals surface area (Å²) in [5.41, 5.74) is 0.930. The van der Waals surface area contributed by atoms with Crippen molar-refractivity contribution < 1.29 is 4.52 Å². The third kappa shape index (κ3) is 2.00. The summed E-state index contributed by atoms with van der Waals surface area (Å²) in [5.74, 6) is 0.532. The molecule has 0 aliphatic heterocycles. The van der Waals surface area contributed by atoms with Crippen molar-refractivity contribution in [2.24, 2.45) is 0 Å². The van der Waals surface area contributed by atoms with Gasteiger partial charge in [0.2, 0.25) is 6.39 Å². The van der Waals surface area contributed by atoms with Gasteiger partial charge in [-0.3, -0.25) is 0 Å². The monoisotopic (exact) mass is 206 g/mol. The van der Waals surface area contributed by atoms with Crippen molar-refractivity contribution in [3.05, 3.63) is 47.1 Å². The molecular weight excluding hydrogens is 200 g/mol. The molecule has 1 aromatic heterocycles. The van der Waals surface area contributed by atoms with Crippen LogP contribution in [0.4, 0.5) is 0 Å². The van der Waals surface area contributed by atoms with Crippen LogP contribution in [0.5, 0.6) is 0 Å². The second-order valence-electron chi connectivity index (χ2n) is 2.64. The topological polar surface area (TPSA) is 38.9 Å². The number of hydrogen-bond donors (Lipinski definition) is 0. The molecule has 4 heteroatoms. The van der Waals surface area contributed by atoms with Crippen molar-refractivity contribution >= 4 is 23.8 Å². The van der Waals surface area contributed by atoms with E-state index in [1.54, 1.807) is 6.08 Å². The van der Waals surface area contributed by atoms with Gasteiger partial charge in [-0.2, -0.15) is 4.98 Å². The van der Waals surface area contributed by atoms with E-state index in [1.807, 2.05) is 30.3 Å². The lowest BCUT2D eigenvalue weighted by Crippen LogP contribution is -1.75. The Balaban J connectivity index is 2.23. The Morgan fingerprint density at radius 3 is 2.79 bits per heavy atom. The highest BCUT2D eigenvalue weighted by molar-refractivity contribution is 6.32. The van der Waals surface area contributed by atoms with E-state index in [1.165, 1.54) is 6.39 Å². The van der Waals surface area contributed by atoms with Gasteiger partial charge >= 0.3 is 0 Å². The van der Waals surface area contributed by atoms with Gasteiger partial charge in [-0.05, 0) is 23.8 Å². The second-order valence-corrected chi connectivity index (χ2v) is 3.05. The minimum atomic E-state index is 0.532. The smallest absolute Gasteiger partial charge is 0.214 e. The van der Waals surface area contributed by atoms with E-state index in [0.29, 0.717) is 10.8 Å². The Hall–Kier alpha value is -1.61. The largest absolute Gasteiger partial charge is 0.342 e. The number of rotatable bonds is 2. The molecule has 0 fully saturated rings. The predicted molar refractivity (Wildman–Crippen MR) is 54.7 cm³/mol. The fraction of sp³-hybridized carbons (Fsp3) is 0. The highest BCUT2D eigenvalue weighted by Gasteiger charge is 1.94. The van der Waals surface area contributed by atoms with Crippen LogP contribution in [0.2, 0.25) is 5.02 Å². The van der Waals surface area contributed by atoms with Gasteiger partial charge in [0.15, 0.2) is 5.82 Å². The maximum Gasteiger partial charge on any atom is 0.214 e. The summed E-state index contributed by atoms with van der Waals surface area (Å²) in [5, 5.41) is 4.35. The van der Waals surface area contributed by atoms with Gasteiger partial charge in [0.25, 0.3) is 0 Å². The molecule has 0 saturated carbocycles. The first kappa shape index (κ1) is 8.97. The van der Waals surface area contributed by atoms with Crippen LogP contribution in [-0.2, 0) is 0 Å². The summed E-state index contributed by atoms with van der Waals surface area (Å²) in [7, 11) is 0. The van der Waals surface area contributed by atoms with Crippen molar-refractivity contribution in [1.29, 1.82) is 0 Å². The molecule has 70 valence electrons. The quantitative estimate of drug-likeness (QED) is 0.759. The molecule has 0 bridgehead atoms. The molecule has 0 radical (unpaired) electrons. The minimum absolute atomic E-state index is 0.532. The van der Waals surface area contributed by atoms with Crippen molar-refractivity contribution in [1.82, 2.24) is 10.1 Å². The van der Waals surface area contributed by atoms with Crippen LogP contribution in [0, 0.1) is 0 Å². The summed E-state index contributed by atoms with van der Waals surface area (Å²) in [6.07, 6.45) is 4.87. The zero-order chi connectivity index (χ0) is 9.80. The zero-order valence-corrected chi connectivity index (χ0v) is 7.98. The SMILES string of the molecule is Clc1ccccc1/C=C/c1ncon1. The molecule has 0 spiro atoms. The molecule has 1 aromatic carbocycles. The van der Waals surface area contributed by atoms with Crippen LogP contribution in [0.15, 0.2) is 35.2 Å². The molecule has 1 heterocycles. The molecule has 0 unspecified atom stereocenters. The molecule has 0 aliphatic rings. The van der Waals surface area contributed by atoms with Gasteiger partial charge in [0.1, 0.15) is 0 Å². The molecule has 0 N–H and O–H groups in total. The molecular formula is C10H7ClN2O. The van der Waals surface area contributed by atoms with Gasteiger partial charge < -0.3 is 4.52 Å². The van der Waals surface area contributed by atoms with Crippen LogP contribution >= 0.6 is 11.6 Å². The molecule has 3 nitrogen and oxygen atoms in total. The Labute approximate surface area is 86.0 Å². The summed E-state index contributed by atoms with van der Waals surface area (Å²) in [6, 6.07) is 7.55. The van der Waals surface area contributed by atoms with Gasteiger partial charge in [0, 0.05) is 5.02 Å². The van der Waals surface area contributed by atoms with E-state index in [9.17, 15) is 0 Å². The Kier molecular flexibility index (Phi) is 2.60. The molecule has 2 aromatic rings. The first-order valence-electron chi connectivity index (χ1n) is 4.05. The van der Waals surface area contributed by atoms with Gasteiger partial charge in [-0.1, -0.05) is 35.0 Å². The Morgan fingerprint density at radius 1 is 1.21 bits per heavy atom. The lowest BCUT2D eigenvalue weighted by atomic mass is 10.2. The molecule has 0 aliphatic carbocycles. The summed E-state index contributed by atoms with van der Waals surface area (Å²) >= 11 is 5.95. The maximum atomic E-state index is 5.95. The van der Waals surface area contributed by atoms with Crippen LogP contribution < -0.4 is 0 Å². The van der Waals surface area contributed by atoms with Gasteiger partial charge in [0.05, 0.1) is 0 Å². The number of aromatic nitrogens is 2. The van der Waals surface area contributed by atoms with E-state index in [2.05, 4.69) is 14.7 Å². The van der Waals surface area contributed by atoms with Crippen LogP contribution in [0.25, 0.3) is 12.2 Å². The lowest BCUT2D eigenvalue weighted by Gasteiger charge is -1.94. The van der Waals surface area contributed by atoms with Crippen LogP contribution in [0.1, 0.15) is 11.4 Å². The number of nitrogens with zero attached hydrogens (tertiary/aromatic N) is 2. The Bertz CT molecular complexity index is 437. The summed E-state index contributed by atoms with van der Waals surface area (Å²) in [4.78, 5) is 3.85.